The fourth-order valence-electron chi connectivity index (χ4n) is 3.68. The molecular formula is C19H30N4O. The summed E-state index contributed by atoms with van der Waals surface area (Å²) in [5.41, 5.74) is 2.50. The lowest BCUT2D eigenvalue weighted by Gasteiger charge is -2.34. The molecule has 2 aliphatic rings. The van der Waals surface area contributed by atoms with Crippen LogP contribution in [0.2, 0.25) is 0 Å². The van der Waals surface area contributed by atoms with Crippen molar-refractivity contribution < 1.29 is 4.79 Å². The Kier molecular flexibility index (Phi) is 5.61. The molecule has 1 amide bonds. The standard InChI is InChI=1S/C19H30N4O/c1-22(2)17-3-5-18(6-4-17)23-11-8-16(9-12-23)21-19(24)13-15-7-10-20-14-15/h3-6,15-16,20H,7-14H2,1-2H3,(H,21,24)/t15-/m0/s1. The van der Waals surface area contributed by atoms with Crippen molar-refractivity contribution in [1.29, 1.82) is 0 Å². The molecule has 1 aromatic carbocycles. The second kappa shape index (κ2) is 7.88. The fraction of sp³-hybridized carbons (Fsp3) is 0.632. The molecule has 24 heavy (non-hydrogen) atoms. The van der Waals surface area contributed by atoms with Crippen molar-refractivity contribution in [2.24, 2.45) is 5.92 Å². The Bertz CT molecular complexity index is 529. The van der Waals surface area contributed by atoms with Gasteiger partial charge in [-0.3, -0.25) is 4.79 Å². The number of anilines is 2. The molecule has 0 aliphatic carbocycles. The Morgan fingerprint density at radius 2 is 1.92 bits per heavy atom. The van der Waals surface area contributed by atoms with Crippen LogP contribution < -0.4 is 20.4 Å². The maximum absolute atomic E-state index is 12.2. The summed E-state index contributed by atoms with van der Waals surface area (Å²) in [7, 11) is 4.12. The number of hydrogen-bond donors (Lipinski definition) is 2. The molecule has 2 aliphatic heterocycles. The second-order valence-electron chi connectivity index (χ2n) is 7.30. The predicted molar refractivity (Wildman–Crippen MR) is 99.7 cm³/mol. The van der Waals surface area contributed by atoms with Gasteiger partial charge in [-0.2, -0.15) is 0 Å². The van der Waals surface area contributed by atoms with Crippen LogP contribution >= 0.6 is 0 Å². The van der Waals surface area contributed by atoms with Crippen LogP contribution in [0, 0.1) is 5.92 Å². The van der Waals surface area contributed by atoms with Crippen LogP contribution in [0.15, 0.2) is 24.3 Å². The Morgan fingerprint density at radius 3 is 2.50 bits per heavy atom. The number of nitrogens with zero attached hydrogens (tertiary/aromatic N) is 2. The summed E-state index contributed by atoms with van der Waals surface area (Å²) in [6.07, 6.45) is 3.88. The van der Waals surface area contributed by atoms with E-state index in [1.807, 2.05) is 0 Å². The summed E-state index contributed by atoms with van der Waals surface area (Å²) in [6.45, 7) is 4.08. The van der Waals surface area contributed by atoms with E-state index < -0.39 is 0 Å². The van der Waals surface area contributed by atoms with E-state index in [1.54, 1.807) is 0 Å². The first kappa shape index (κ1) is 17.1. The maximum atomic E-state index is 12.2. The zero-order valence-corrected chi connectivity index (χ0v) is 14.9. The summed E-state index contributed by atoms with van der Waals surface area (Å²) < 4.78 is 0. The van der Waals surface area contributed by atoms with Crippen LogP contribution in [-0.2, 0) is 4.79 Å². The smallest absolute Gasteiger partial charge is 0.220 e. The van der Waals surface area contributed by atoms with E-state index in [-0.39, 0.29) is 5.91 Å². The van der Waals surface area contributed by atoms with Gasteiger partial charge in [-0.15, -0.1) is 0 Å². The molecule has 0 radical (unpaired) electrons. The summed E-state index contributed by atoms with van der Waals surface area (Å²) in [5.74, 6) is 0.762. The Labute approximate surface area is 145 Å². The predicted octanol–water partition coefficient (Wildman–Crippen LogP) is 1.84. The van der Waals surface area contributed by atoms with Crippen LogP contribution in [0.4, 0.5) is 11.4 Å². The van der Waals surface area contributed by atoms with Gasteiger partial charge in [0, 0.05) is 51.0 Å². The van der Waals surface area contributed by atoms with Crippen molar-refractivity contribution in [3.05, 3.63) is 24.3 Å². The summed E-state index contributed by atoms with van der Waals surface area (Å²) in [4.78, 5) is 16.7. The molecule has 5 heteroatoms. The Morgan fingerprint density at radius 1 is 1.21 bits per heavy atom. The largest absolute Gasteiger partial charge is 0.378 e. The van der Waals surface area contributed by atoms with Crippen LogP contribution in [0.1, 0.15) is 25.7 Å². The highest BCUT2D eigenvalue weighted by atomic mass is 16.1. The molecule has 2 saturated heterocycles. The molecule has 2 N–H and O–H groups in total. The van der Waals surface area contributed by atoms with E-state index in [0.717, 1.165) is 45.4 Å². The molecule has 0 spiro atoms. The lowest BCUT2D eigenvalue weighted by Crippen LogP contribution is -2.45. The summed E-state index contributed by atoms with van der Waals surface area (Å²) >= 11 is 0. The van der Waals surface area contributed by atoms with Gasteiger partial charge in [0.05, 0.1) is 0 Å². The van der Waals surface area contributed by atoms with Gasteiger partial charge in [-0.05, 0) is 62.5 Å². The molecule has 0 unspecified atom stereocenters. The van der Waals surface area contributed by atoms with Crippen molar-refractivity contribution in [2.45, 2.75) is 31.7 Å². The minimum absolute atomic E-state index is 0.234. The third-order valence-corrected chi connectivity index (χ3v) is 5.23. The van der Waals surface area contributed by atoms with Crippen LogP contribution in [0.25, 0.3) is 0 Å². The minimum atomic E-state index is 0.234. The summed E-state index contributed by atoms with van der Waals surface area (Å²) in [6, 6.07) is 9.06. The van der Waals surface area contributed by atoms with Crippen LogP contribution in [-0.4, -0.2) is 52.2 Å². The summed E-state index contributed by atoms with van der Waals surface area (Å²) in [5, 5.41) is 6.57. The number of carbonyl (C=O) groups excluding carboxylic acids is 1. The third kappa shape index (κ3) is 4.41. The zero-order chi connectivity index (χ0) is 16.9. The molecule has 3 rings (SSSR count). The first-order chi connectivity index (χ1) is 11.6. The van der Waals surface area contributed by atoms with E-state index in [1.165, 1.54) is 11.4 Å². The fourth-order valence-corrected chi connectivity index (χ4v) is 3.68. The highest BCUT2D eigenvalue weighted by Gasteiger charge is 2.23. The van der Waals surface area contributed by atoms with Gasteiger partial charge in [0.25, 0.3) is 0 Å². The average Bonchev–Trinajstić information content (AvgIpc) is 3.08. The van der Waals surface area contributed by atoms with Gasteiger partial charge in [0.15, 0.2) is 0 Å². The monoisotopic (exact) mass is 330 g/mol. The Hall–Kier alpha value is -1.75. The van der Waals surface area contributed by atoms with Gasteiger partial charge in [-0.25, -0.2) is 0 Å². The van der Waals surface area contributed by atoms with Crippen molar-refractivity contribution in [2.75, 3.05) is 50.1 Å². The number of piperidine rings is 1. The third-order valence-electron chi connectivity index (χ3n) is 5.23. The molecule has 0 bridgehead atoms. The molecular weight excluding hydrogens is 300 g/mol. The number of rotatable bonds is 5. The molecule has 0 aromatic heterocycles. The van der Waals surface area contributed by atoms with E-state index in [4.69, 9.17) is 0 Å². The van der Waals surface area contributed by atoms with Gasteiger partial charge < -0.3 is 20.4 Å². The van der Waals surface area contributed by atoms with E-state index in [2.05, 4.69) is 58.8 Å². The van der Waals surface area contributed by atoms with Gasteiger partial charge in [0.2, 0.25) is 5.91 Å². The lowest BCUT2D eigenvalue weighted by molar-refractivity contribution is -0.122. The molecule has 2 heterocycles. The number of nitrogens with one attached hydrogen (secondary N) is 2. The van der Waals surface area contributed by atoms with Gasteiger partial charge in [-0.1, -0.05) is 0 Å². The SMILES string of the molecule is CN(C)c1ccc(N2CCC(NC(=O)C[C@@H]3CCNC3)CC2)cc1. The topological polar surface area (TPSA) is 47.6 Å². The molecule has 0 saturated carbocycles. The van der Waals surface area contributed by atoms with Crippen molar-refractivity contribution in [3.63, 3.8) is 0 Å². The number of hydrogen-bond acceptors (Lipinski definition) is 4. The van der Waals surface area contributed by atoms with Crippen molar-refractivity contribution in [1.82, 2.24) is 10.6 Å². The normalized spacial score (nSPS) is 21.8. The first-order valence-electron chi connectivity index (χ1n) is 9.14. The first-order valence-corrected chi connectivity index (χ1v) is 9.14. The quantitative estimate of drug-likeness (QED) is 0.865. The maximum Gasteiger partial charge on any atom is 0.220 e. The number of carbonyl (C=O) groups is 1. The zero-order valence-electron chi connectivity index (χ0n) is 14.9. The van der Waals surface area contributed by atoms with Crippen LogP contribution in [0.3, 0.4) is 0 Å². The highest BCUT2D eigenvalue weighted by Crippen LogP contribution is 2.23. The highest BCUT2D eigenvalue weighted by molar-refractivity contribution is 5.76. The minimum Gasteiger partial charge on any atom is -0.378 e. The van der Waals surface area contributed by atoms with Crippen molar-refractivity contribution in [3.8, 4) is 0 Å². The average molecular weight is 330 g/mol. The molecule has 5 nitrogen and oxygen atoms in total. The van der Waals surface area contributed by atoms with Crippen LogP contribution in [0.5, 0.6) is 0 Å². The number of benzene rings is 1. The molecule has 1 aromatic rings. The van der Waals surface area contributed by atoms with Crippen molar-refractivity contribution >= 4 is 17.3 Å². The van der Waals surface area contributed by atoms with Gasteiger partial charge >= 0.3 is 0 Å². The molecule has 2 fully saturated rings. The van der Waals surface area contributed by atoms with E-state index in [0.29, 0.717) is 18.4 Å². The second-order valence-corrected chi connectivity index (χ2v) is 7.30. The van der Waals surface area contributed by atoms with E-state index in [9.17, 15) is 4.79 Å². The van der Waals surface area contributed by atoms with E-state index >= 15 is 0 Å². The lowest BCUT2D eigenvalue weighted by atomic mass is 10.0. The molecule has 1 atom stereocenters. The molecule has 132 valence electrons. The Balaban J connectivity index is 1.44. The number of amides is 1. The van der Waals surface area contributed by atoms with Gasteiger partial charge in [0.1, 0.15) is 0 Å².